The molecular formula is C18H13Cl2N3O6S3. The molecule has 0 fully saturated rings. The molecule has 1 aliphatic rings. The van der Waals surface area contributed by atoms with Crippen molar-refractivity contribution in [2.45, 2.75) is 9.10 Å². The van der Waals surface area contributed by atoms with Crippen molar-refractivity contribution in [1.29, 1.82) is 0 Å². The Morgan fingerprint density at radius 3 is 2.41 bits per heavy atom. The van der Waals surface area contributed by atoms with Crippen LogP contribution in [0.2, 0.25) is 10.0 Å². The van der Waals surface area contributed by atoms with E-state index >= 15 is 0 Å². The summed E-state index contributed by atoms with van der Waals surface area (Å²) in [5.41, 5.74) is 0.0263. The third-order valence-corrected chi connectivity index (χ3v) is 8.78. The van der Waals surface area contributed by atoms with Gasteiger partial charge in [-0.1, -0.05) is 29.3 Å². The van der Waals surface area contributed by atoms with Crippen LogP contribution in [0.4, 0.5) is 17.1 Å². The second-order valence-electron chi connectivity index (χ2n) is 6.51. The van der Waals surface area contributed by atoms with Gasteiger partial charge in [0.25, 0.3) is 15.9 Å². The molecule has 0 bridgehead atoms. The molecular weight excluding hydrogens is 521 g/mol. The summed E-state index contributed by atoms with van der Waals surface area (Å²) >= 11 is 13.3. The van der Waals surface area contributed by atoms with Gasteiger partial charge in [-0.05, 0) is 41.8 Å². The molecule has 1 aliphatic heterocycles. The Labute approximate surface area is 197 Å². The first-order chi connectivity index (χ1) is 15.0. The number of sulfonamides is 2. The number of amides is 1. The molecule has 0 radical (unpaired) electrons. The molecule has 0 atom stereocenters. The number of anilines is 3. The quantitative estimate of drug-likeness (QED) is 0.514. The lowest BCUT2D eigenvalue weighted by atomic mass is 10.1. The topological polar surface area (TPSA) is 136 Å². The molecule has 32 heavy (non-hydrogen) atoms. The number of rotatable bonds is 5. The van der Waals surface area contributed by atoms with E-state index in [1.165, 1.54) is 30.3 Å². The van der Waals surface area contributed by atoms with E-state index in [1.807, 2.05) is 0 Å². The van der Waals surface area contributed by atoms with Crippen molar-refractivity contribution >= 4 is 77.6 Å². The fraction of sp³-hybridized carbons (Fsp3) is 0.0556. The Balaban J connectivity index is 1.91. The lowest BCUT2D eigenvalue weighted by Gasteiger charge is -2.31. The fourth-order valence-corrected chi connectivity index (χ4v) is 5.90. The summed E-state index contributed by atoms with van der Waals surface area (Å²) in [6, 6.07) is 9.28. The van der Waals surface area contributed by atoms with Crippen molar-refractivity contribution in [2.75, 3.05) is 16.2 Å². The number of halogens is 2. The Morgan fingerprint density at radius 2 is 1.75 bits per heavy atom. The average Bonchev–Trinajstić information content (AvgIpc) is 3.25. The van der Waals surface area contributed by atoms with Crippen LogP contribution in [0.25, 0.3) is 0 Å². The monoisotopic (exact) mass is 533 g/mol. The molecule has 0 unspecified atom stereocenters. The highest BCUT2D eigenvalue weighted by Gasteiger charge is 2.32. The summed E-state index contributed by atoms with van der Waals surface area (Å²) in [6.07, 6.45) is 0. The van der Waals surface area contributed by atoms with Crippen LogP contribution >= 0.6 is 34.5 Å². The minimum Gasteiger partial charge on any atom is -0.482 e. The minimum atomic E-state index is -4.09. The summed E-state index contributed by atoms with van der Waals surface area (Å²) in [4.78, 5) is 13.7. The second kappa shape index (κ2) is 8.21. The van der Waals surface area contributed by atoms with Gasteiger partial charge >= 0.3 is 0 Å². The molecule has 14 heteroatoms. The lowest BCUT2D eigenvalue weighted by molar-refractivity contribution is -0.120. The number of nitrogens with one attached hydrogen (secondary N) is 1. The van der Waals surface area contributed by atoms with E-state index in [-0.39, 0.29) is 48.6 Å². The van der Waals surface area contributed by atoms with Crippen LogP contribution in [-0.2, 0) is 24.8 Å². The second-order valence-corrected chi connectivity index (χ2v) is 11.7. The van der Waals surface area contributed by atoms with Crippen LogP contribution in [0, 0.1) is 0 Å². The number of carbonyl (C=O) groups excluding carboxylic acids is 1. The summed E-state index contributed by atoms with van der Waals surface area (Å²) in [5, 5.41) is 6.90. The third kappa shape index (κ3) is 4.29. The van der Waals surface area contributed by atoms with E-state index in [0.717, 1.165) is 22.3 Å². The molecule has 0 saturated carbocycles. The first-order valence-corrected chi connectivity index (χ1v) is 13.3. The number of carbonyl (C=O) groups is 1. The molecule has 168 valence electrons. The van der Waals surface area contributed by atoms with Gasteiger partial charge in [0.2, 0.25) is 10.0 Å². The minimum absolute atomic E-state index is 0.0284. The molecule has 3 aromatic rings. The number of fused-ring (bicyclic) bond motifs is 1. The van der Waals surface area contributed by atoms with Crippen LogP contribution in [0.1, 0.15) is 0 Å². The maximum Gasteiger partial charge on any atom is 0.271 e. The van der Waals surface area contributed by atoms with Crippen molar-refractivity contribution in [3.05, 3.63) is 57.9 Å². The Morgan fingerprint density at radius 1 is 1.03 bits per heavy atom. The highest BCUT2D eigenvalue weighted by atomic mass is 35.5. The van der Waals surface area contributed by atoms with Crippen molar-refractivity contribution in [3.8, 4) is 5.75 Å². The van der Waals surface area contributed by atoms with E-state index in [0.29, 0.717) is 0 Å². The van der Waals surface area contributed by atoms with Gasteiger partial charge in [0, 0.05) is 0 Å². The third-order valence-electron chi connectivity index (χ3n) is 4.38. The average molecular weight is 534 g/mol. The highest BCUT2D eigenvalue weighted by molar-refractivity contribution is 7.94. The van der Waals surface area contributed by atoms with Crippen LogP contribution < -0.4 is 19.5 Å². The molecule has 2 aromatic carbocycles. The van der Waals surface area contributed by atoms with Gasteiger partial charge in [-0.3, -0.25) is 14.4 Å². The van der Waals surface area contributed by atoms with Crippen molar-refractivity contribution < 1.29 is 26.4 Å². The zero-order chi connectivity index (χ0) is 23.3. The molecule has 3 N–H and O–H groups in total. The summed E-state index contributed by atoms with van der Waals surface area (Å²) in [7, 11) is -8.10. The Bertz CT molecular complexity index is 1440. The normalized spacial score (nSPS) is 14.1. The zero-order valence-electron chi connectivity index (χ0n) is 15.8. The predicted octanol–water partition coefficient (Wildman–Crippen LogP) is 3.56. The van der Waals surface area contributed by atoms with Gasteiger partial charge < -0.3 is 4.74 Å². The van der Waals surface area contributed by atoms with Gasteiger partial charge in [-0.25, -0.2) is 22.0 Å². The number of thiophene rings is 1. The van der Waals surface area contributed by atoms with Crippen molar-refractivity contribution in [2.24, 2.45) is 5.14 Å². The lowest BCUT2D eigenvalue weighted by Crippen LogP contribution is -2.36. The molecule has 0 spiro atoms. The van der Waals surface area contributed by atoms with Crippen LogP contribution in [-0.4, -0.2) is 29.3 Å². The predicted molar refractivity (Wildman–Crippen MR) is 122 cm³/mol. The van der Waals surface area contributed by atoms with Gasteiger partial charge in [-0.15, -0.1) is 11.3 Å². The first-order valence-electron chi connectivity index (χ1n) is 8.65. The maximum atomic E-state index is 12.8. The smallest absolute Gasteiger partial charge is 0.271 e. The van der Waals surface area contributed by atoms with E-state index in [4.69, 9.17) is 33.1 Å². The van der Waals surface area contributed by atoms with Crippen LogP contribution in [0.15, 0.2) is 56.9 Å². The van der Waals surface area contributed by atoms with E-state index < -0.39 is 26.0 Å². The SMILES string of the molecule is NS(=O)(=O)c1ccc2c(c1)N(c1cc(Cl)c(Cl)cc1NS(=O)(=O)c1cccs1)C(=O)CO2. The van der Waals surface area contributed by atoms with Crippen LogP contribution in [0.5, 0.6) is 5.75 Å². The number of nitrogens with two attached hydrogens (primary N) is 1. The Hall–Kier alpha value is -2.35. The summed E-state index contributed by atoms with van der Waals surface area (Å²) in [6.45, 7) is -0.376. The molecule has 1 aromatic heterocycles. The molecule has 1 amide bonds. The van der Waals surface area contributed by atoms with Gasteiger partial charge in [0.1, 0.15) is 9.96 Å². The highest BCUT2D eigenvalue weighted by Crippen LogP contribution is 2.44. The molecule has 0 saturated heterocycles. The van der Waals surface area contributed by atoms with Crippen LogP contribution in [0.3, 0.4) is 0 Å². The van der Waals surface area contributed by atoms with E-state index in [2.05, 4.69) is 4.72 Å². The Kier molecular flexibility index (Phi) is 5.86. The molecule has 9 nitrogen and oxygen atoms in total. The molecule has 2 heterocycles. The largest absolute Gasteiger partial charge is 0.482 e. The first kappa shape index (κ1) is 22.8. The van der Waals surface area contributed by atoms with Gasteiger partial charge in [0.05, 0.1) is 32.0 Å². The number of hydrogen-bond acceptors (Lipinski definition) is 7. The van der Waals surface area contributed by atoms with Gasteiger partial charge in [-0.2, -0.15) is 0 Å². The van der Waals surface area contributed by atoms with E-state index in [1.54, 1.807) is 11.4 Å². The number of benzene rings is 2. The van der Waals surface area contributed by atoms with E-state index in [9.17, 15) is 21.6 Å². The summed E-state index contributed by atoms with van der Waals surface area (Å²) in [5.74, 6) is -0.408. The van der Waals surface area contributed by atoms with Crippen molar-refractivity contribution in [1.82, 2.24) is 0 Å². The molecule has 4 rings (SSSR count). The number of ether oxygens (including phenoxy) is 1. The number of hydrogen-bond donors (Lipinski definition) is 2. The fourth-order valence-electron chi connectivity index (χ4n) is 2.99. The van der Waals surface area contributed by atoms with Crippen molar-refractivity contribution in [3.63, 3.8) is 0 Å². The number of nitrogens with zero attached hydrogens (tertiary/aromatic N) is 1. The molecule has 0 aliphatic carbocycles. The zero-order valence-corrected chi connectivity index (χ0v) is 19.7. The number of primary sulfonamides is 1. The standard InChI is InChI=1S/C18H13Cl2N3O6S3/c19-11-7-13(22-32(27,28)18-2-1-5-30-18)14(8-12(11)20)23-15-6-10(31(21,25)26)3-4-16(15)29-9-17(23)24/h1-8,22H,9H2,(H2,21,25,26). The van der Waals surface area contributed by atoms with Gasteiger partial charge in [0.15, 0.2) is 6.61 Å². The summed E-state index contributed by atoms with van der Waals surface area (Å²) < 4.78 is 57.1. The maximum absolute atomic E-state index is 12.8.